The second kappa shape index (κ2) is 5.10. The van der Waals surface area contributed by atoms with Crippen molar-refractivity contribution in [1.82, 2.24) is 5.48 Å². The summed E-state index contributed by atoms with van der Waals surface area (Å²) in [5.41, 5.74) is 6.37. The largest absolute Gasteiger partial charge is 0.435 e. The molecule has 21 heavy (non-hydrogen) atoms. The van der Waals surface area contributed by atoms with Crippen LogP contribution in [0.15, 0.2) is 41.6 Å². The normalized spacial score (nSPS) is 29.4. The lowest BCUT2D eigenvalue weighted by Crippen LogP contribution is -2.40. The van der Waals surface area contributed by atoms with Crippen molar-refractivity contribution in [3.63, 3.8) is 0 Å². The van der Waals surface area contributed by atoms with Crippen LogP contribution in [-0.4, -0.2) is 6.09 Å². The van der Waals surface area contributed by atoms with Crippen molar-refractivity contribution in [3.05, 3.63) is 41.6 Å². The number of carbonyl (C=O) groups is 1. The van der Waals surface area contributed by atoms with Crippen molar-refractivity contribution in [2.75, 3.05) is 5.32 Å². The Balaban J connectivity index is 1.38. The highest BCUT2D eigenvalue weighted by Gasteiger charge is 2.42. The van der Waals surface area contributed by atoms with Gasteiger partial charge in [0.05, 0.1) is 5.70 Å². The molecule has 4 aliphatic carbocycles. The second-order valence-corrected chi connectivity index (χ2v) is 6.54. The highest BCUT2D eigenvalue weighted by molar-refractivity contribution is 5.84. The zero-order valence-corrected chi connectivity index (χ0v) is 12.0. The molecule has 1 amide bonds. The van der Waals surface area contributed by atoms with Gasteiger partial charge in [-0.3, -0.25) is 5.32 Å². The van der Waals surface area contributed by atoms with Gasteiger partial charge in [0.2, 0.25) is 0 Å². The first-order chi connectivity index (χ1) is 10.3. The van der Waals surface area contributed by atoms with Gasteiger partial charge in [-0.1, -0.05) is 18.2 Å². The number of amides is 1. The number of rotatable bonds is 3. The molecule has 2 N–H and O–H groups in total. The molecule has 0 radical (unpaired) electrons. The number of carbonyl (C=O) groups excluding carboxylic acids is 1. The standard InChI is InChI=1S/C17H20N2O2/c20-17(18-15-4-2-1-3-5-15)21-19-16-13-7-11-6-12(9-13)10-14(16)8-11/h1-5,11-13,19H,6-10H2,(H,18,20). The van der Waals surface area contributed by atoms with Crippen molar-refractivity contribution in [2.24, 2.45) is 17.8 Å². The molecule has 2 saturated carbocycles. The summed E-state index contributed by atoms with van der Waals surface area (Å²) < 4.78 is 0. The van der Waals surface area contributed by atoms with E-state index in [1.165, 1.54) is 43.4 Å². The highest BCUT2D eigenvalue weighted by Crippen LogP contribution is 2.52. The average Bonchev–Trinajstić information content (AvgIpc) is 2.47. The maximum Gasteiger partial charge on any atom is 0.435 e. The molecule has 0 spiro atoms. The number of anilines is 1. The molecule has 4 heteroatoms. The summed E-state index contributed by atoms with van der Waals surface area (Å²) in [7, 11) is 0. The Morgan fingerprint density at radius 1 is 1.05 bits per heavy atom. The maximum atomic E-state index is 11.8. The van der Waals surface area contributed by atoms with Crippen LogP contribution in [0, 0.1) is 17.8 Å². The van der Waals surface area contributed by atoms with Crippen LogP contribution in [0.4, 0.5) is 10.5 Å². The predicted octanol–water partition coefficient (Wildman–Crippen LogP) is 3.83. The fourth-order valence-electron chi connectivity index (χ4n) is 4.34. The number of para-hydroxylation sites is 1. The van der Waals surface area contributed by atoms with Crippen molar-refractivity contribution >= 4 is 11.8 Å². The van der Waals surface area contributed by atoms with Gasteiger partial charge in [0.15, 0.2) is 0 Å². The molecule has 4 aliphatic rings. The third-order valence-electron chi connectivity index (χ3n) is 5.04. The summed E-state index contributed by atoms with van der Waals surface area (Å²) in [5, 5.41) is 2.72. The van der Waals surface area contributed by atoms with E-state index in [1.54, 1.807) is 0 Å². The van der Waals surface area contributed by atoms with Gasteiger partial charge in [-0.05, 0) is 61.6 Å². The van der Waals surface area contributed by atoms with Crippen LogP contribution in [0.3, 0.4) is 0 Å². The van der Waals surface area contributed by atoms with E-state index in [2.05, 4.69) is 10.8 Å². The Hall–Kier alpha value is -1.97. The van der Waals surface area contributed by atoms with Crippen LogP contribution in [-0.2, 0) is 4.84 Å². The van der Waals surface area contributed by atoms with Crippen LogP contribution in [0.2, 0.25) is 0 Å². The van der Waals surface area contributed by atoms with Gasteiger partial charge in [-0.2, -0.15) is 0 Å². The molecule has 1 aromatic rings. The van der Waals surface area contributed by atoms with Crippen LogP contribution < -0.4 is 10.8 Å². The first kappa shape index (κ1) is 12.7. The lowest BCUT2D eigenvalue weighted by molar-refractivity contribution is 0.0831. The van der Waals surface area contributed by atoms with E-state index in [9.17, 15) is 4.79 Å². The maximum absolute atomic E-state index is 11.8. The van der Waals surface area contributed by atoms with Crippen LogP contribution in [0.1, 0.15) is 32.1 Å². The second-order valence-electron chi connectivity index (χ2n) is 6.54. The Kier molecular flexibility index (Phi) is 3.09. The van der Waals surface area contributed by atoms with Gasteiger partial charge in [0, 0.05) is 11.6 Å². The van der Waals surface area contributed by atoms with Crippen LogP contribution in [0.25, 0.3) is 0 Å². The number of benzene rings is 1. The van der Waals surface area contributed by atoms with E-state index in [0.29, 0.717) is 5.92 Å². The molecule has 2 atom stereocenters. The van der Waals surface area contributed by atoms with E-state index in [1.807, 2.05) is 30.3 Å². The SMILES string of the molecule is O=C(Nc1ccccc1)ONC1=C2CC3CC(C2)CC1C3. The highest BCUT2D eigenvalue weighted by atomic mass is 16.7. The molecule has 4 bridgehead atoms. The summed E-state index contributed by atoms with van der Waals surface area (Å²) in [6.07, 6.45) is 5.85. The zero-order chi connectivity index (χ0) is 14.2. The van der Waals surface area contributed by atoms with E-state index in [0.717, 1.165) is 17.5 Å². The van der Waals surface area contributed by atoms with E-state index >= 15 is 0 Å². The third kappa shape index (κ3) is 2.50. The summed E-state index contributed by atoms with van der Waals surface area (Å²) in [4.78, 5) is 17.0. The minimum Gasteiger partial charge on any atom is -0.324 e. The van der Waals surface area contributed by atoms with Gasteiger partial charge in [-0.15, -0.1) is 0 Å². The molecule has 0 aliphatic heterocycles. The van der Waals surface area contributed by atoms with Gasteiger partial charge in [0.25, 0.3) is 0 Å². The molecule has 2 fully saturated rings. The van der Waals surface area contributed by atoms with Crippen molar-refractivity contribution in [1.29, 1.82) is 0 Å². The summed E-state index contributed by atoms with van der Waals surface area (Å²) in [6, 6.07) is 9.35. The number of hydrogen-bond acceptors (Lipinski definition) is 3. The topological polar surface area (TPSA) is 50.4 Å². The average molecular weight is 284 g/mol. The molecular weight excluding hydrogens is 264 g/mol. The van der Waals surface area contributed by atoms with Crippen molar-refractivity contribution < 1.29 is 9.63 Å². The Bertz CT molecular complexity index is 566. The van der Waals surface area contributed by atoms with Crippen molar-refractivity contribution in [2.45, 2.75) is 32.1 Å². The minimum absolute atomic E-state index is 0.455. The van der Waals surface area contributed by atoms with E-state index < -0.39 is 6.09 Å². The molecule has 4 nitrogen and oxygen atoms in total. The van der Waals surface area contributed by atoms with Crippen molar-refractivity contribution in [3.8, 4) is 0 Å². The molecule has 0 aromatic heterocycles. The first-order valence-electron chi connectivity index (χ1n) is 7.78. The van der Waals surface area contributed by atoms with Gasteiger partial charge < -0.3 is 4.84 Å². The van der Waals surface area contributed by atoms with Gasteiger partial charge in [0.1, 0.15) is 0 Å². The zero-order valence-electron chi connectivity index (χ0n) is 12.0. The molecular formula is C17H20N2O2. The fraction of sp³-hybridized carbons (Fsp3) is 0.471. The Morgan fingerprint density at radius 3 is 2.43 bits per heavy atom. The van der Waals surface area contributed by atoms with Gasteiger partial charge in [-0.25, -0.2) is 10.3 Å². The number of nitrogens with one attached hydrogen (secondary N) is 2. The quantitative estimate of drug-likeness (QED) is 0.829. The molecule has 0 saturated heterocycles. The van der Waals surface area contributed by atoms with E-state index in [-0.39, 0.29) is 0 Å². The first-order valence-corrected chi connectivity index (χ1v) is 7.78. The van der Waals surface area contributed by atoms with Crippen LogP contribution >= 0.6 is 0 Å². The minimum atomic E-state index is -0.455. The summed E-state index contributed by atoms with van der Waals surface area (Å²) in [6.45, 7) is 0. The number of hydrogen-bond donors (Lipinski definition) is 2. The molecule has 0 heterocycles. The fourth-order valence-corrected chi connectivity index (χ4v) is 4.34. The molecule has 110 valence electrons. The smallest absolute Gasteiger partial charge is 0.324 e. The van der Waals surface area contributed by atoms with Crippen LogP contribution in [0.5, 0.6) is 0 Å². The molecule has 2 unspecified atom stereocenters. The summed E-state index contributed by atoms with van der Waals surface area (Å²) >= 11 is 0. The molecule has 5 rings (SSSR count). The summed E-state index contributed by atoms with van der Waals surface area (Å²) in [5.74, 6) is 2.33. The lowest BCUT2D eigenvalue weighted by Gasteiger charge is -2.47. The predicted molar refractivity (Wildman–Crippen MR) is 80.3 cm³/mol. The number of allylic oxidation sites excluding steroid dienone is 2. The molecule has 1 aromatic carbocycles. The Morgan fingerprint density at radius 2 is 1.76 bits per heavy atom. The monoisotopic (exact) mass is 284 g/mol. The lowest BCUT2D eigenvalue weighted by atomic mass is 9.60. The third-order valence-corrected chi connectivity index (χ3v) is 5.04. The Labute approximate surface area is 124 Å². The van der Waals surface area contributed by atoms with Gasteiger partial charge >= 0.3 is 6.09 Å². The van der Waals surface area contributed by atoms with E-state index in [4.69, 9.17) is 4.84 Å². The number of hydroxylamine groups is 1.